The van der Waals surface area contributed by atoms with E-state index in [1.165, 1.54) is 13.0 Å². The molecule has 1 aromatic carbocycles. The molecule has 0 radical (unpaired) electrons. The first-order valence-electron chi connectivity index (χ1n) is 3.21. The predicted molar refractivity (Wildman–Crippen MR) is 45.8 cm³/mol. The first-order chi connectivity index (χ1) is 5.52. The molecule has 2 nitrogen and oxygen atoms in total. The summed E-state index contributed by atoms with van der Waals surface area (Å²) in [6.45, 7) is 1.24. The molecule has 0 atom stereocenters. The summed E-state index contributed by atoms with van der Waals surface area (Å²) in [6, 6.07) is 2.30. The molecule has 0 spiro atoms. The van der Waals surface area contributed by atoms with Crippen LogP contribution in [0.25, 0.3) is 0 Å². The van der Waals surface area contributed by atoms with Gasteiger partial charge >= 0.3 is 0 Å². The van der Waals surface area contributed by atoms with Crippen LogP contribution in [-0.4, -0.2) is 10.9 Å². The summed E-state index contributed by atoms with van der Waals surface area (Å²) in [7, 11) is 0. The second kappa shape index (κ2) is 3.23. The Balaban J connectivity index is 3.37. The van der Waals surface area contributed by atoms with Crippen LogP contribution in [0.3, 0.4) is 0 Å². The molecular weight excluding hydrogens is 227 g/mol. The Labute approximate surface area is 77.2 Å². The van der Waals surface area contributed by atoms with E-state index in [9.17, 15) is 9.18 Å². The number of carbonyl (C=O) groups excluding carboxylic acids is 1. The third-order valence-electron chi connectivity index (χ3n) is 1.39. The molecule has 0 bridgehead atoms. The van der Waals surface area contributed by atoms with Crippen molar-refractivity contribution in [1.29, 1.82) is 0 Å². The zero-order chi connectivity index (χ0) is 9.30. The molecule has 1 rings (SSSR count). The Morgan fingerprint density at radius 2 is 2.17 bits per heavy atom. The molecule has 0 saturated carbocycles. The number of Topliss-reactive ketones (excluding diaryl/α,β-unsaturated/α-hetero) is 1. The molecule has 0 aliphatic rings. The van der Waals surface area contributed by atoms with Crippen molar-refractivity contribution >= 4 is 21.7 Å². The van der Waals surface area contributed by atoms with Gasteiger partial charge in [-0.2, -0.15) is 0 Å². The van der Waals surface area contributed by atoms with Crippen LogP contribution in [-0.2, 0) is 0 Å². The fourth-order valence-electron chi connectivity index (χ4n) is 0.831. The monoisotopic (exact) mass is 232 g/mol. The third kappa shape index (κ3) is 1.64. The van der Waals surface area contributed by atoms with Gasteiger partial charge in [0.05, 0.1) is 10.0 Å². The summed E-state index contributed by atoms with van der Waals surface area (Å²) in [5, 5.41) is 9.02. The van der Waals surface area contributed by atoms with Crippen LogP contribution >= 0.6 is 15.9 Å². The molecule has 0 aliphatic carbocycles. The average Bonchev–Trinajstić information content (AvgIpc) is 1.96. The Bertz CT molecular complexity index is 336. The lowest BCUT2D eigenvalue weighted by atomic mass is 10.1. The highest BCUT2D eigenvalue weighted by Crippen LogP contribution is 2.24. The topological polar surface area (TPSA) is 37.3 Å². The second-order valence-electron chi connectivity index (χ2n) is 2.35. The molecule has 0 heterocycles. The summed E-state index contributed by atoms with van der Waals surface area (Å²) in [5.41, 5.74) is -0.109. The number of hydrogen-bond acceptors (Lipinski definition) is 2. The summed E-state index contributed by atoms with van der Waals surface area (Å²) in [5.74, 6) is -1.18. The van der Waals surface area contributed by atoms with Crippen molar-refractivity contribution in [2.24, 2.45) is 0 Å². The van der Waals surface area contributed by atoms with Crippen molar-refractivity contribution in [1.82, 2.24) is 0 Å². The van der Waals surface area contributed by atoms with Crippen LogP contribution < -0.4 is 0 Å². The largest absolute Gasteiger partial charge is 0.508 e. The van der Waals surface area contributed by atoms with Crippen molar-refractivity contribution in [2.75, 3.05) is 0 Å². The Morgan fingerprint density at radius 1 is 1.58 bits per heavy atom. The molecular formula is C8H6BrFO2. The van der Waals surface area contributed by atoms with E-state index in [1.807, 2.05) is 0 Å². The van der Waals surface area contributed by atoms with E-state index < -0.39 is 11.6 Å². The van der Waals surface area contributed by atoms with Gasteiger partial charge in [-0.1, -0.05) is 0 Å². The summed E-state index contributed by atoms with van der Waals surface area (Å²) >= 11 is 2.88. The van der Waals surface area contributed by atoms with Crippen LogP contribution in [0.5, 0.6) is 5.75 Å². The van der Waals surface area contributed by atoms with E-state index in [0.29, 0.717) is 0 Å². The highest BCUT2D eigenvalue weighted by Gasteiger charge is 2.11. The molecule has 4 heteroatoms. The standard InChI is InChI=1S/C8H6BrFO2/c1-4(11)6-2-5(12)3-7(9)8(6)10/h2-3,12H,1H3. The van der Waals surface area contributed by atoms with E-state index in [1.54, 1.807) is 0 Å². The fraction of sp³-hybridized carbons (Fsp3) is 0.125. The van der Waals surface area contributed by atoms with E-state index >= 15 is 0 Å². The highest BCUT2D eigenvalue weighted by atomic mass is 79.9. The van der Waals surface area contributed by atoms with Gasteiger partial charge in [-0.05, 0) is 35.0 Å². The van der Waals surface area contributed by atoms with Crippen LogP contribution in [0, 0.1) is 5.82 Å². The number of halogens is 2. The van der Waals surface area contributed by atoms with E-state index in [0.717, 1.165) is 6.07 Å². The van der Waals surface area contributed by atoms with Crippen molar-refractivity contribution in [3.05, 3.63) is 28.0 Å². The first kappa shape index (κ1) is 9.19. The molecule has 64 valence electrons. The normalized spacial score (nSPS) is 9.92. The van der Waals surface area contributed by atoms with Crippen LogP contribution in [0.15, 0.2) is 16.6 Å². The van der Waals surface area contributed by atoms with Gasteiger partial charge in [0, 0.05) is 0 Å². The summed E-state index contributed by atoms with van der Waals surface area (Å²) in [6.07, 6.45) is 0. The molecule has 1 aromatic rings. The third-order valence-corrected chi connectivity index (χ3v) is 1.97. The Hall–Kier alpha value is -0.900. The van der Waals surface area contributed by atoms with Crippen LogP contribution in [0.4, 0.5) is 4.39 Å². The number of benzene rings is 1. The predicted octanol–water partition coefficient (Wildman–Crippen LogP) is 2.50. The van der Waals surface area contributed by atoms with Crippen molar-refractivity contribution in [3.63, 3.8) is 0 Å². The maximum atomic E-state index is 13.1. The zero-order valence-corrected chi connectivity index (χ0v) is 7.85. The maximum absolute atomic E-state index is 13.1. The smallest absolute Gasteiger partial charge is 0.162 e. The second-order valence-corrected chi connectivity index (χ2v) is 3.20. The lowest BCUT2D eigenvalue weighted by Gasteiger charge is -2.01. The summed E-state index contributed by atoms with van der Waals surface area (Å²) in [4.78, 5) is 10.8. The lowest BCUT2D eigenvalue weighted by Crippen LogP contribution is -1.97. The van der Waals surface area contributed by atoms with E-state index in [4.69, 9.17) is 5.11 Å². The van der Waals surface area contributed by atoms with Crippen LogP contribution in [0.2, 0.25) is 0 Å². The van der Waals surface area contributed by atoms with Gasteiger partial charge in [-0.25, -0.2) is 4.39 Å². The number of rotatable bonds is 1. The molecule has 12 heavy (non-hydrogen) atoms. The van der Waals surface area contributed by atoms with Crippen molar-refractivity contribution in [3.8, 4) is 5.75 Å². The molecule has 0 amide bonds. The van der Waals surface area contributed by atoms with Gasteiger partial charge < -0.3 is 5.11 Å². The van der Waals surface area contributed by atoms with Gasteiger partial charge in [0.1, 0.15) is 11.6 Å². The number of phenolic OH excluding ortho intramolecular Hbond substituents is 1. The number of phenols is 1. The molecule has 0 unspecified atom stereocenters. The zero-order valence-electron chi connectivity index (χ0n) is 6.27. The average molecular weight is 233 g/mol. The molecule has 0 aliphatic heterocycles. The van der Waals surface area contributed by atoms with Gasteiger partial charge in [-0.3, -0.25) is 4.79 Å². The molecule has 1 N–H and O–H groups in total. The van der Waals surface area contributed by atoms with E-state index in [-0.39, 0.29) is 15.8 Å². The van der Waals surface area contributed by atoms with Crippen molar-refractivity contribution in [2.45, 2.75) is 6.92 Å². The number of aromatic hydroxyl groups is 1. The first-order valence-corrected chi connectivity index (χ1v) is 4.00. The van der Waals surface area contributed by atoms with Crippen LogP contribution in [0.1, 0.15) is 17.3 Å². The Morgan fingerprint density at radius 3 is 2.67 bits per heavy atom. The lowest BCUT2D eigenvalue weighted by molar-refractivity contribution is 0.101. The molecule has 0 aromatic heterocycles. The highest BCUT2D eigenvalue weighted by molar-refractivity contribution is 9.10. The minimum absolute atomic E-state index is 0.0905. The molecule has 0 fully saturated rings. The Kier molecular flexibility index (Phi) is 2.47. The van der Waals surface area contributed by atoms with Gasteiger partial charge in [0.25, 0.3) is 0 Å². The number of carbonyl (C=O) groups is 1. The fourth-order valence-corrected chi connectivity index (χ4v) is 1.28. The minimum Gasteiger partial charge on any atom is -0.508 e. The maximum Gasteiger partial charge on any atom is 0.162 e. The number of ketones is 1. The SMILES string of the molecule is CC(=O)c1cc(O)cc(Br)c1F. The summed E-state index contributed by atoms with van der Waals surface area (Å²) < 4.78 is 13.1. The minimum atomic E-state index is -0.639. The van der Waals surface area contributed by atoms with Gasteiger partial charge in [-0.15, -0.1) is 0 Å². The van der Waals surface area contributed by atoms with Gasteiger partial charge in [0.15, 0.2) is 5.78 Å². The number of hydrogen-bond donors (Lipinski definition) is 1. The quantitative estimate of drug-likeness (QED) is 0.756. The van der Waals surface area contributed by atoms with Gasteiger partial charge in [0.2, 0.25) is 0 Å². The van der Waals surface area contributed by atoms with E-state index in [2.05, 4.69) is 15.9 Å². The van der Waals surface area contributed by atoms with Crippen molar-refractivity contribution < 1.29 is 14.3 Å². The molecule has 0 saturated heterocycles.